The molecule has 1 aliphatic rings. The molecule has 0 aromatic heterocycles. The Morgan fingerprint density at radius 2 is 1.67 bits per heavy atom. The summed E-state index contributed by atoms with van der Waals surface area (Å²) in [5.41, 5.74) is 2.61. The molecule has 1 fully saturated rings. The van der Waals surface area contributed by atoms with E-state index in [4.69, 9.17) is 0 Å². The van der Waals surface area contributed by atoms with Crippen LogP contribution in [0.25, 0.3) is 0 Å². The molecule has 2 aromatic rings. The average molecular weight is 472 g/mol. The van der Waals surface area contributed by atoms with Crippen LogP contribution in [0.1, 0.15) is 54.6 Å². The highest BCUT2D eigenvalue weighted by atomic mass is 32.2. The van der Waals surface area contributed by atoms with Crippen LogP contribution in [0.2, 0.25) is 0 Å². The van der Waals surface area contributed by atoms with Crippen molar-refractivity contribution in [3.63, 3.8) is 0 Å². The van der Waals surface area contributed by atoms with Gasteiger partial charge in [-0.1, -0.05) is 44.0 Å². The molecule has 2 amide bonds. The lowest BCUT2D eigenvalue weighted by Crippen LogP contribution is -2.47. The number of nitrogens with one attached hydrogen (secondary N) is 2. The SMILES string of the molecule is Cc1cccc(C(=O)N[C@@H](C(=O)Nc2cc(S(=O)(=O)N3CCCCC3)ccc2C)C(C)C)c1. The van der Waals surface area contributed by atoms with Crippen LogP contribution in [0, 0.1) is 19.8 Å². The van der Waals surface area contributed by atoms with Crippen LogP contribution >= 0.6 is 0 Å². The van der Waals surface area contributed by atoms with Crippen molar-refractivity contribution in [1.29, 1.82) is 0 Å². The number of hydrogen-bond donors (Lipinski definition) is 2. The highest BCUT2D eigenvalue weighted by molar-refractivity contribution is 7.89. The molecule has 2 aromatic carbocycles. The molecule has 0 unspecified atom stereocenters. The first kappa shape index (κ1) is 24.9. The fourth-order valence-corrected chi connectivity index (χ4v) is 5.45. The standard InChI is InChI=1S/C25H33N3O4S/c1-17(2)23(27-24(29)20-10-8-9-18(3)15-20)25(30)26-22-16-21(12-11-19(22)4)33(31,32)28-13-6-5-7-14-28/h8-12,15-17,23H,5-7,13-14H2,1-4H3,(H,26,30)(H,27,29)/t23-/m1/s1. The van der Waals surface area contributed by atoms with E-state index in [1.54, 1.807) is 30.3 Å². The first-order chi connectivity index (χ1) is 15.6. The van der Waals surface area contributed by atoms with Gasteiger partial charge >= 0.3 is 0 Å². The second kappa shape index (κ2) is 10.5. The normalized spacial score (nSPS) is 15.8. The summed E-state index contributed by atoms with van der Waals surface area (Å²) in [6, 6.07) is 11.2. The second-order valence-electron chi connectivity index (χ2n) is 9.00. The molecule has 178 valence electrons. The van der Waals surface area contributed by atoms with Crippen molar-refractivity contribution in [1.82, 2.24) is 9.62 Å². The third-order valence-electron chi connectivity index (χ3n) is 5.94. The predicted octanol–water partition coefficient (Wildman–Crippen LogP) is 3.87. The third kappa shape index (κ3) is 6.00. The van der Waals surface area contributed by atoms with Gasteiger partial charge in [-0.05, 0) is 62.4 Å². The van der Waals surface area contributed by atoms with Gasteiger partial charge < -0.3 is 10.6 Å². The van der Waals surface area contributed by atoms with E-state index < -0.39 is 16.1 Å². The van der Waals surface area contributed by atoms with Crippen molar-refractivity contribution in [3.05, 3.63) is 59.2 Å². The van der Waals surface area contributed by atoms with Gasteiger partial charge in [0.1, 0.15) is 6.04 Å². The minimum atomic E-state index is -3.62. The highest BCUT2D eigenvalue weighted by Crippen LogP contribution is 2.25. The molecule has 1 atom stereocenters. The number of hydrogen-bond acceptors (Lipinski definition) is 4. The van der Waals surface area contributed by atoms with Crippen LogP contribution in [0.3, 0.4) is 0 Å². The van der Waals surface area contributed by atoms with Gasteiger partial charge in [0, 0.05) is 24.3 Å². The zero-order chi connectivity index (χ0) is 24.2. The lowest BCUT2D eigenvalue weighted by molar-refractivity contribution is -0.118. The van der Waals surface area contributed by atoms with Crippen LogP contribution in [0.4, 0.5) is 5.69 Å². The lowest BCUT2D eigenvalue weighted by atomic mass is 10.0. The Hall–Kier alpha value is -2.71. The summed E-state index contributed by atoms with van der Waals surface area (Å²) in [5, 5.41) is 5.66. The molecule has 0 saturated carbocycles. The fourth-order valence-electron chi connectivity index (χ4n) is 3.91. The number of nitrogens with zero attached hydrogens (tertiary/aromatic N) is 1. The van der Waals surface area contributed by atoms with Crippen molar-refractivity contribution >= 4 is 27.5 Å². The molecular formula is C25H33N3O4S. The summed E-state index contributed by atoms with van der Waals surface area (Å²) in [7, 11) is -3.62. The van der Waals surface area contributed by atoms with E-state index in [-0.39, 0.29) is 22.6 Å². The van der Waals surface area contributed by atoms with Crippen LogP contribution < -0.4 is 10.6 Å². The molecule has 33 heavy (non-hydrogen) atoms. The largest absolute Gasteiger partial charge is 0.340 e. The number of piperidine rings is 1. The van der Waals surface area contributed by atoms with Crippen molar-refractivity contribution in [3.8, 4) is 0 Å². The summed E-state index contributed by atoms with van der Waals surface area (Å²) < 4.78 is 27.6. The number of amides is 2. The van der Waals surface area contributed by atoms with E-state index in [0.29, 0.717) is 24.3 Å². The number of anilines is 1. The Kier molecular flexibility index (Phi) is 7.92. The van der Waals surface area contributed by atoms with Crippen LogP contribution in [-0.4, -0.2) is 43.7 Å². The Bertz CT molecular complexity index is 1120. The average Bonchev–Trinajstić information content (AvgIpc) is 2.78. The van der Waals surface area contributed by atoms with E-state index >= 15 is 0 Å². The van der Waals surface area contributed by atoms with Gasteiger partial charge in [0.2, 0.25) is 15.9 Å². The van der Waals surface area contributed by atoms with Gasteiger partial charge in [0.15, 0.2) is 0 Å². The highest BCUT2D eigenvalue weighted by Gasteiger charge is 2.28. The smallest absolute Gasteiger partial charge is 0.251 e. The number of sulfonamides is 1. The number of carbonyl (C=O) groups excluding carboxylic acids is 2. The molecule has 8 heteroatoms. The lowest BCUT2D eigenvalue weighted by Gasteiger charge is -2.26. The van der Waals surface area contributed by atoms with Crippen molar-refractivity contribution < 1.29 is 18.0 Å². The maximum atomic E-state index is 13.1. The Balaban J connectivity index is 1.79. The first-order valence-corrected chi connectivity index (χ1v) is 12.8. The van der Waals surface area contributed by atoms with Crippen molar-refractivity contribution in [2.75, 3.05) is 18.4 Å². The molecule has 0 aliphatic carbocycles. The second-order valence-corrected chi connectivity index (χ2v) is 10.9. The maximum Gasteiger partial charge on any atom is 0.251 e. The topological polar surface area (TPSA) is 95.6 Å². The maximum absolute atomic E-state index is 13.1. The minimum absolute atomic E-state index is 0.162. The molecule has 0 bridgehead atoms. The molecule has 1 saturated heterocycles. The molecular weight excluding hydrogens is 438 g/mol. The molecule has 0 spiro atoms. The molecule has 1 aliphatic heterocycles. The summed E-state index contributed by atoms with van der Waals surface area (Å²) in [6.07, 6.45) is 2.74. The third-order valence-corrected chi connectivity index (χ3v) is 7.83. The molecule has 0 radical (unpaired) electrons. The summed E-state index contributed by atoms with van der Waals surface area (Å²) in [5.74, 6) is -0.883. The monoisotopic (exact) mass is 471 g/mol. The van der Waals surface area contributed by atoms with E-state index in [2.05, 4.69) is 10.6 Å². The first-order valence-electron chi connectivity index (χ1n) is 11.4. The van der Waals surface area contributed by atoms with Gasteiger partial charge in [-0.15, -0.1) is 0 Å². The minimum Gasteiger partial charge on any atom is -0.340 e. The summed E-state index contributed by atoms with van der Waals surface area (Å²) in [6.45, 7) is 8.44. The number of aryl methyl sites for hydroxylation is 2. The van der Waals surface area contributed by atoms with Gasteiger partial charge in [-0.25, -0.2) is 8.42 Å². The number of rotatable bonds is 7. The van der Waals surface area contributed by atoms with Crippen molar-refractivity contribution in [2.24, 2.45) is 5.92 Å². The van der Waals surface area contributed by atoms with E-state index in [0.717, 1.165) is 30.4 Å². The van der Waals surface area contributed by atoms with Crippen LogP contribution in [0.15, 0.2) is 47.4 Å². The predicted molar refractivity (Wildman–Crippen MR) is 130 cm³/mol. The fraction of sp³-hybridized carbons (Fsp3) is 0.440. The number of benzene rings is 2. The summed E-state index contributed by atoms with van der Waals surface area (Å²) >= 11 is 0. The Labute approximate surface area is 196 Å². The van der Waals surface area contributed by atoms with E-state index in [9.17, 15) is 18.0 Å². The Morgan fingerprint density at radius 3 is 2.30 bits per heavy atom. The summed E-state index contributed by atoms with van der Waals surface area (Å²) in [4.78, 5) is 26.0. The van der Waals surface area contributed by atoms with E-state index in [1.807, 2.05) is 33.8 Å². The van der Waals surface area contributed by atoms with Crippen LogP contribution in [0.5, 0.6) is 0 Å². The zero-order valence-electron chi connectivity index (χ0n) is 19.7. The van der Waals surface area contributed by atoms with Gasteiger partial charge in [0.25, 0.3) is 5.91 Å². The zero-order valence-corrected chi connectivity index (χ0v) is 20.5. The number of carbonyl (C=O) groups is 2. The van der Waals surface area contributed by atoms with Crippen molar-refractivity contribution in [2.45, 2.75) is 57.9 Å². The quantitative estimate of drug-likeness (QED) is 0.641. The molecule has 7 nitrogen and oxygen atoms in total. The molecule has 2 N–H and O–H groups in total. The Morgan fingerprint density at radius 1 is 0.970 bits per heavy atom. The van der Waals surface area contributed by atoms with Gasteiger partial charge in [0.05, 0.1) is 4.90 Å². The molecule has 1 heterocycles. The van der Waals surface area contributed by atoms with Crippen LogP contribution in [-0.2, 0) is 14.8 Å². The molecule has 3 rings (SSSR count). The van der Waals surface area contributed by atoms with Gasteiger partial charge in [-0.3, -0.25) is 9.59 Å². The van der Waals surface area contributed by atoms with Gasteiger partial charge in [-0.2, -0.15) is 4.31 Å². The van der Waals surface area contributed by atoms with E-state index in [1.165, 1.54) is 10.4 Å².